The van der Waals surface area contributed by atoms with Gasteiger partial charge in [-0.25, -0.2) is 9.78 Å². The average Bonchev–Trinajstić information content (AvgIpc) is 3.49. The van der Waals surface area contributed by atoms with E-state index < -0.39 is 12.6 Å². The van der Waals surface area contributed by atoms with Gasteiger partial charge in [0.25, 0.3) is 0 Å². The van der Waals surface area contributed by atoms with Crippen molar-refractivity contribution in [2.45, 2.75) is 31.9 Å². The number of urea groups is 1. The molecule has 31 heavy (non-hydrogen) atoms. The van der Waals surface area contributed by atoms with Crippen LogP contribution in [0, 0.1) is 0 Å². The number of nitrogens with one attached hydrogen (secondary N) is 3. The minimum atomic E-state index is -2.97. The second kappa shape index (κ2) is 8.99. The van der Waals surface area contributed by atoms with Crippen molar-refractivity contribution in [1.82, 2.24) is 20.5 Å². The Morgan fingerprint density at radius 3 is 2.65 bits per heavy atom. The maximum absolute atomic E-state index is 12.5. The molecule has 1 aromatic heterocycles. The summed E-state index contributed by atoms with van der Waals surface area (Å²) < 4.78 is 34.5. The van der Waals surface area contributed by atoms with Crippen LogP contribution in [-0.4, -0.2) is 34.9 Å². The monoisotopic (exact) mass is 429 g/mol. The molecule has 3 N–H and O–H groups in total. The fraction of sp³-hybridized carbons (Fsp3) is 0.286. The lowest BCUT2D eigenvalue weighted by molar-refractivity contribution is -0.0512. The van der Waals surface area contributed by atoms with E-state index >= 15 is 0 Å². The first-order valence-electron chi connectivity index (χ1n) is 9.71. The predicted molar refractivity (Wildman–Crippen MR) is 109 cm³/mol. The molecular formula is C21H21F2N5O3. The molecule has 1 aliphatic carbocycles. The van der Waals surface area contributed by atoms with Crippen LogP contribution in [0.4, 0.5) is 19.3 Å². The number of benzene rings is 2. The van der Waals surface area contributed by atoms with Gasteiger partial charge < -0.3 is 20.1 Å². The Hall–Kier alpha value is -3.69. The summed E-state index contributed by atoms with van der Waals surface area (Å²) in [4.78, 5) is 16.7. The zero-order valence-electron chi connectivity index (χ0n) is 16.7. The van der Waals surface area contributed by atoms with Gasteiger partial charge in [0.05, 0.1) is 7.11 Å². The summed E-state index contributed by atoms with van der Waals surface area (Å²) in [7, 11) is 1.36. The fourth-order valence-electron chi connectivity index (χ4n) is 3.02. The van der Waals surface area contributed by atoms with Crippen molar-refractivity contribution < 1.29 is 23.0 Å². The molecule has 0 bridgehead atoms. The minimum Gasteiger partial charge on any atom is -0.493 e. The number of nitrogens with zero attached hydrogens (tertiary/aromatic N) is 2. The number of aromatic nitrogens is 3. The van der Waals surface area contributed by atoms with Gasteiger partial charge in [0.2, 0.25) is 0 Å². The first kappa shape index (κ1) is 20.6. The number of amides is 2. The predicted octanol–water partition coefficient (Wildman–Crippen LogP) is 4.28. The van der Waals surface area contributed by atoms with Crippen LogP contribution < -0.4 is 20.1 Å². The Balaban J connectivity index is 1.32. The van der Waals surface area contributed by atoms with Crippen LogP contribution in [0.25, 0.3) is 11.4 Å². The molecule has 10 heteroatoms. The molecule has 0 radical (unpaired) electrons. The number of carbonyl (C=O) groups is 1. The maximum Gasteiger partial charge on any atom is 0.387 e. The smallest absolute Gasteiger partial charge is 0.387 e. The lowest BCUT2D eigenvalue weighted by Gasteiger charge is -2.12. The van der Waals surface area contributed by atoms with Gasteiger partial charge in [0, 0.05) is 23.7 Å². The highest BCUT2D eigenvalue weighted by atomic mass is 19.3. The second-order valence-electron chi connectivity index (χ2n) is 7.07. The third-order valence-corrected chi connectivity index (χ3v) is 4.76. The maximum atomic E-state index is 12.5. The zero-order valence-corrected chi connectivity index (χ0v) is 16.7. The minimum absolute atomic E-state index is 0.0929. The second-order valence-corrected chi connectivity index (χ2v) is 7.07. The van der Waals surface area contributed by atoms with Gasteiger partial charge in [-0.3, -0.25) is 5.10 Å². The molecule has 2 aromatic carbocycles. The van der Waals surface area contributed by atoms with E-state index in [9.17, 15) is 13.6 Å². The normalized spacial score (nSPS) is 13.2. The fourth-order valence-corrected chi connectivity index (χ4v) is 3.02. The van der Waals surface area contributed by atoms with Crippen LogP contribution in [0.2, 0.25) is 0 Å². The quantitative estimate of drug-likeness (QED) is 0.496. The van der Waals surface area contributed by atoms with Crippen molar-refractivity contribution in [3.63, 3.8) is 0 Å². The highest BCUT2D eigenvalue weighted by Gasteiger charge is 2.27. The molecule has 0 saturated heterocycles. The summed E-state index contributed by atoms with van der Waals surface area (Å²) in [6.07, 6.45) is 2.29. The van der Waals surface area contributed by atoms with Crippen LogP contribution in [0.3, 0.4) is 0 Å². The Morgan fingerprint density at radius 2 is 1.97 bits per heavy atom. The number of carbonyl (C=O) groups excluding carboxylic acids is 1. The number of H-pyrrole nitrogens is 1. The summed E-state index contributed by atoms with van der Waals surface area (Å²) >= 11 is 0. The van der Waals surface area contributed by atoms with E-state index in [4.69, 9.17) is 4.74 Å². The molecular weight excluding hydrogens is 408 g/mol. The van der Waals surface area contributed by atoms with Crippen molar-refractivity contribution in [3.8, 4) is 22.9 Å². The molecule has 0 unspecified atom stereocenters. The van der Waals surface area contributed by atoms with Crippen molar-refractivity contribution in [2.75, 3.05) is 12.4 Å². The summed E-state index contributed by atoms with van der Waals surface area (Å²) in [6, 6.07) is 11.3. The van der Waals surface area contributed by atoms with Gasteiger partial charge in [-0.15, -0.1) is 0 Å². The Morgan fingerprint density at radius 1 is 1.19 bits per heavy atom. The average molecular weight is 429 g/mol. The standard InChI is InChI=1S/C21H21F2N5O3/c1-30-16-9-2-12(10-17(16)31-20(22)23)11-24-21(29)25-15-7-5-14(6-8-15)19-26-18(27-28-19)13-3-4-13/h2,5-10,13,20H,3-4,11H2,1H3,(H2,24,25,29)(H,26,27,28). The number of hydrogen-bond donors (Lipinski definition) is 3. The molecule has 1 saturated carbocycles. The molecule has 162 valence electrons. The van der Waals surface area contributed by atoms with E-state index in [0.29, 0.717) is 23.0 Å². The van der Waals surface area contributed by atoms with Crippen LogP contribution >= 0.6 is 0 Å². The van der Waals surface area contributed by atoms with Crippen LogP contribution in [0.15, 0.2) is 42.5 Å². The summed E-state index contributed by atoms with van der Waals surface area (Å²) in [5.74, 6) is 2.12. The lowest BCUT2D eigenvalue weighted by atomic mass is 10.2. The van der Waals surface area contributed by atoms with Crippen LogP contribution in [0.1, 0.15) is 30.1 Å². The van der Waals surface area contributed by atoms with Crippen molar-refractivity contribution >= 4 is 11.7 Å². The number of anilines is 1. The highest BCUT2D eigenvalue weighted by molar-refractivity contribution is 5.89. The van der Waals surface area contributed by atoms with Gasteiger partial charge in [0.15, 0.2) is 17.3 Å². The van der Waals surface area contributed by atoms with E-state index in [2.05, 4.69) is 30.6 Å². The molecule has 0 spiro atoms. The Bertz CT molecular complexity index is 1050. The molecule has 0 atom stereocenters. The third-order valence-electron chi connectivity index (χ3n) is 4.76. The van der Waals surface area contributed by atoms with E-state index in [1.165, 1.54) is 19.2 Å². The number of halogens is 2. The van der Waals surface area contributed by atoms with Crippen molar-refractivity contribution in [3.05, 3.63) is 53.9 Å². The number of aromatic amines is 1. The Kier molecular flexibility index (Phi) is 5.96. The summed E-state index contributed by atoms with van der Waals surface area (Å²) in [6.45, 7) is -2.85. The number of ether oxygens (including phenoxy) is 2. The number of methoxy groups -OCH3 is 1. The van der Waals surface area contributed by atoms with Crippen molar-refractivity contribution in [2.24, 2.45) is 0 Å². The lowest BCUT2D eigenvalue weighted by Crippen LogP contribution is -2.28. The molecule has 1 heterocycles. The highest BCUT2D eigenvalue weighted by Crippen LogP contribution is 2.38. The molecule has 3 aromatic rings. The third kappa shape index (κ3) is 5.27. The summed E-state index contributed by atoms with van der Waals surface area (Å²) in [5, 5.41) is 12.6. The Labute approximate surface area is 177 Å². The van der Waals surface area contributed by atoms with E-state index in [-0.39, 0.29) is 18.0 Å². The van der Waals surface area contributed by atoms with Gasteiger partial charge in [-0.05, 0) is 54.8 Å². The zero-order chi connectivity index (χ0) is 21.8. The molecule has 4 rings (SSSR count). The first-order valence-corrected chi connectivity index (χ1v) is 9.71. The molecule has 2 amide bonds. The summed E-state index contributed by atoms with van der Waals surface area (Å²) in [5.41, 5.74) is 2.02. The number of hydrogen-bond acceptors (Lipinski definition) is 5. The van der Waals surface area contributed by atoms with Crippen LogP contribution in [0.5, 0.6) is 11.5 Å². The SMILES string of the molecule is COc1ccc(CNC(=O)Nc2ccc(-c3n[nH]c(C4CC4)n3)cc2)cc1OC(F)F. The number of rotatable bonds is 8. The molecule has 1 aliphatic rings. The van der Waals surface area contributed by atoms with Gasteiger partial charge >= 0.3 is 12.6 Å². The largest absolute Gasteiger partial charge is 0.493 e. The van der Waals surface area contributed by atoms with Crippen LogP contribution in [-0.2, 0) is 6.54 Å². The van der Waals surface area contributed by atoms with Gasteiger partial charge in [-0.2, -0.15) is 13.9 Å². The van der Waals surface area contributed by atoms with E-state index in [0.717, 1.165) is 24.2 Å². The molecule has 8 nitrogen and oxygen atoms in total. The topological polar surface area (TPSA) is 101 Å². The molecule has 0 aliphatic heterocycles. The molecule has 1 fully saturated rings. The van der Waals surface area contributed by atoms with E-state index in [1.807, 2.05) is 12.1 Å². The van der Waals surface area contributed by atoms with Crippen molar-refractivity contribution in [1.29, 1.82) is 0 Å². The van der Waals surface area contributed by atoms with Gasteiger partial charge in [-0.1, -0.05) is 6.07 Å². The number of alkyl halides is 2. The van der Waals surface area contributed by atoms with Gasteiger partial charge in [0.1, 0.15) is 5.82 Å². The first-order chi connectivity index (χ1) is 15.0. The van der Waals surface area contributed by atoms with E-state index in [1.54, 1.807) is 18.2 Å².